The highest BCUT2D eigenvalue weighted by atomic mass is 127. The molecular formula is C25H35IN4O3. The van der Waals surface area contributed by atoms with Crippen molar-refractivity contribution >= 4 is 35.8 Å². The van der Waals surface area contributed by atoms with E-state index < -0.39 is 0 Å². The molecule has 3 N–H and O–H groups in total. The number of aryl methyl sites for hydroxylation is 1. The van der Waals surface area contributed by atoms with Crippen LogP contribution in [0.1, 0.15) is 33.5 Å². The summed E-state index contributed by atoms with van der Waals surface area (Å²) in [5, 5.41) is 9.36. The summed E-state index contributed by atoms with van der Waals surface area (Å²) in [5.41, 5.74) is 4.03. The zero-order chi connectivity index (χ0) is 22.8. The van der Waals surface area contributed by atoms with E-state index in [1.165, 1.54) is 5.56 Å². The maximum atomic E-state index is 11.8. The van der Waals surface area contributed by atoms with E-state index in [0.29, 0.717) is 31.2 Å². The third kappa shape index (κ3) is 8.51. The molecule has 0 aromatic heterocycles. The van der Waals surface area contributed by atoms with E-state index in [9.17, 15) is 4.79 Å². The lowest BCUT2D eigenvalue weighted by Crippen LogP contribution is -2.38. The lowest BCUT2D eigenvalue weighted by molar-refractivity contribution is 0.0963. The largest absolute Gasteiger partial charge is 0.493 e. The number of amides is 1. The lowest BCUT2D eigenvalue weighted by atomic mass is 10.1. The number of aliphatic imine (C=N–C) groups is 1. The summed E-state index contributed by atoms with van der Waals surface area (Å²) in [4.78, 5) is 16.1. The molecule has 1 aliphatic rings. The second kappa shape index (κ2) is 14.0. The highest BCUT2D eigenvalue weighted by molar-refractivity contribution is 14.0. The second-order valence-corrected chi connectivity index (χ2v) is 8.03. The van der Waals surface area contributed by atoms with Gasteiger partial charge < -0.3 is 25.4 Å². The molecule has 180 valence electrons. The van der Waals surface area contributed by atoms with Crippen LogP contribution in [0.3, 0.4) is 0 Å². The number of hydrogen-bond acceptors (Lipinski definition) is 4. The minimum atomic E-state index is -0.0751. The van der Waals surface area contributed by atoms with E-state index in [2.05, 4.69) is 46.1 Å². The molecule has 1 amide bonds. The van der Waals surface area contributed by atoms with Crippen LogP contribution in [0.5, 0.6) is 5.75 Å². The molecule has 2 aromatic rings. The normalized spacial score (nSPS) is 15.5. The summed E-state index contributed by atoms with van der Waals surface area (Å²) < 4.78 is 11.6. The molecule has 3 rings (SSSR count). The predicted octanol–water partition coefficient (Wildman–Crippen LogP) is 3.30. The molecule has 33 heavy (non-hydrogen) atoms. The van der Waals surface area contributed by atoms with Crippen LogP contribution >= 0.6 is 24.0 Å². The Balaban J connectivity index is 0.00000385. The summed E-state index contributed by atoms with van der Waals surface area (Å²) in [6, 6.07) is 13.9. The Hall–Kier alpha value is -2.33. The number of carbonyl (C=O) groups excluding carboxylic acids is 1. The Kier molecular flexibility index (Phi) is 11.5. The van der Waals surface area contributed by atoms with Gasteiger partial charge in [0.15, 0.2) is 5.96 Å². The Labute approximate surface area is 213 Å². The van der Waals surface area contributed by atoms with Crippen molar-refractivity contribution in [2.75, 3.05) is 40.5 Å². The molecule has 8 heteroatoms. The van der Waals surface area contributed by atoms with Gasteiger partial charge >= 0.3 is 0 Å². The molecular weight excluding hydrogens is 531 g/mol. The average Bonchev–Trinajstić information content (AvgIpc) is 3.34. The standard InChI is InChI=1S/C25H34N4O3.HI/c1-18-7-8-22(23(13-18)32-17-20-10-12-31-16-20)15-29-25(27-3)28-11-9-19-5-4-6-21(14-19)24(30)26-2;/h4-8,13-14,20H,9-12,15-17H2,1-3H3,(H,26,30)(H2,27,28,29);1H. The molecule has 7 nitrogen and oxygen atoms in total. The first-order valence-corrected chi connectivity index (χ1v) is 11.1. The molecule has 0 radical (unpaired) electrons. The van der Waals surface area contributed by atoms with Gasteiger partial charge in [-0.15, -0.1) is 24.0 Å². The number of halogens is 1. The van der Waals surface area contributed by atoms with E-state index in [-0.39, 0.29) is 29.9 Å². The first kappa shape index (κ1) is 26.9. The highest BCUT2D eigenvalue weighted by Crippen LogP contribution is 2.22. The van der Waals surface area contributed by atoms with Gasteiger partial charge in [0.2, 0.25) is 0 Å². The number of guanidine groups is 1. The Morgan fingerprint density at radius 3 is 2.79 bits per heavy atom. The zero-order valence-corrected chi connectivity index (χ0v) is 22.0. The number of hydrogen-bond donors (Lipinski definition) is 3. The SMILES string of the molecule is CN=C(NCCc1cccc(C(=O)NC)c1)NCc1ccc(C)cc1OCC1CCOC1.I. The van der Waals surface area contributed by atoms with Gasteiger partial charge in [-0.2, -0.15) is 0 Å². The van der Waals surface area contributed by atoms with Crippen molar-refractivity contribution in [2.24, 2.45) is 10.9 Å². The first-order valence-electron chi connectivity index (χ1n) is 11.1. The van der Waals surface area contributed by atoms with Gasteiger partial charge in [0.1, 0.15) is 5.75 Å². The van der Waals surface area contributed by atoms with E-state index in [4.69, 9.17) is 9.47 Å². The molecule has 1 saturated heterocycles. The Bertz CT molecular complexity index is 930. The maximum Gasteiger partial charge on any atom is 0.251 e. The van der Waals surface area contributed by atoms with E-state index in [0.717, 1.165) is 48.9 Å². The zero-order valence-electron chi connectivity index (χ0n) is 19.6. The third-order valence-corrected chi connectivity index (χ3v) is 5.51. The number of benzene rings is 2. The molecule has 0 saturated carbocycles. The molecule has 1 aliphatic heterocycles. The molecule has 0 spiro atoms. The van der Waals surface area contributed by atoms with Crippen LogP contribution in [0, 0.1) is 12.8 Å². The highest BCUT2D eigenvalue weighted by Gasteiger charge is 2.17. The molecule has 0 bridgehead atoms. The smallest absolute Gasteiger partial charge is 0.251 e. The molecule has 0 aliphatic carbocycles. The van der Waals surface area contributed by atoms with E-state index >= 15 is 0 Å². The van der Waals surface area contributed by atoms with E-state index in [1.807, 2.05) is 24.3 Å². The van der Waals surface area contributed by atoms with Crippen LogP contribution in [0.15, 0.2) is 47.5 Å². The van der Waals surface area contributed by atoms with Gasteiger partial charge in [-0.3, -0.25) is 9.79 Å². The van der Waals surface area contributed by atoms with Crippen molar-refractivity contribution in [1.29, 1.82) is 0 Å². The molecule has 1 unspecified atom stereocenters. The fraction of sp³-hybridized carbons (Fsp3) is 0.440. The number of nitrogens with one attached hydrogen (secondary N) is 3. The second-order valence-electron chi connectivity index (χ2n) is 8.03. The van der Waals surface area contributed by atoms with Crippen molar-refractivity contribution < 1.29 is 14.3 Å². The van der Waals surface area contributed by atoms with Crippen LogP contribution in [0.4, 0.5) is 0 Å². The van der Waals surface area contributed by atoms with Crippen LogP contribution in [-0.4, -0.2) is 52.3 Å². The van der Waals surface area contributed by atoms with Crippen LogP contribution < -0.4 is 20.7 Å². The number of ether oxygens (including phenoxy) is 2. The lowest BCUT2D eigenvalue weighted by Gasteiger charge is -2.17. The van der Waals surface area contributed by atoms with Crippen LogP contribution in [0.2, 0.25) is 0 Å². The Morgan fingerprint density at radius 1 is 1.21 bits per heavy atom. The third-order valence-electron chi connectivity index (χ3n) is 5.51. The summed E-state index contributed by atoms with van der Waals surface area (Å²) in [6.07, 6.45) is 1.84. The van der Waals surface area contributed by atoms with Gasteiger partial charge in [-0.05, 0) is 49.1 Å². The minimum Gasteiger partial charge on any atom is -0.493 e. The van der Waals surface area contributed by atoms with Crippen molar-refractivity contribution in [3.8, 4) is 5.75 Å². The van der Waals surface area contributed by atoms with Gasteiger partial charge in [-0.25, -0.2) is 0 Å². The monoisotopic (exact) mass is 566 g/mol. The molecule has 1 heterocycles. The summed E-state index contributed by atoms with van der Waals surface area (Å²) in [6.45, 7) is 5.68. The van der Waals surface area contributed by atoms with Crippen molar-refractivity contribution in [1.82, 2.24) is 16.0 Å². The summed E-state index contributed by atoms with van der Waals surface area (Å²) >= 11 is 0. The summed E-state index contributed by atoms with van der Waals surface area (Å²) in [7, 11) is 3.40. The average molecular weight is 566 g/mol. The maximum absolute atomic E-state index is 11.8. The molecule has 1 fully saturated rings. The van der Waals surface area contributed by atoms with Gasteiger partial charge in [0.05, 0.1) is 13.2 Å². The van der Waals surface area contributed by atoms with Gasteiger partial charge in [0.25, 0.3) is 5.91 Å². The summed E-state index contributed by atoms with van der Waals surface area (Å²) in [5.74, 6) is 2.02. The topological polar surface area (TPSA) is 84.0 Å². The van der Waals surface area contributed by atoms with E-state index in [1.54, 1.807) is 14.1 Å². The first-order chi connectivity index (χ1) is 15.6. The fourth-order valence-electron chi connectivity index (χ4n) is 3.60. The van der Waals surface area contributed by atoms with Crippen molar-refractivity contribution in [2.45, 2.75) is 26.3 Å². The van der Waals surface area contributed by atoms with Gasteiger partial charge in [-0.1, -0.05) is 24.3 Å². The fourth-order valence-corrected chi connectivity index (χ4v) is 3.60. The Morgan fingerprint density at radius 2 is 2.06 bits per heavy atom. The van der Waals surface area contributed by atoms with Crippen LogP contribution in [0.25, 0.3) is 0 Å². The predicted molar refractivity (Wildman–Crippen MR) is 143 cm³/mol. The molecule has 1 atom stereocenters. The van der Waals surface area contributed by atoms with Gasteiger partial charge in [0, 0.05) is 50.8 Å². The number of nitrogens with zero attached hydrogens (tertiary/aromatic N) is 1. The van der Waals surface area contributed by atoms with Crippen molar-refractivity contribution in [3.63, 3.8) is 0 Å². The molecule has 2 aromatic carbocycles. The number of rotatable bonds is 9. The quantitative estimate of drug-likeness (QED) is 0.247. The number of carbonyl (C=O) groups is 1. The van der Waals surface area contributed by atoms with Crippen molar-refractivity contribution in [3.05, 3.63) is 64.7 Å². The minimum absolute atomic E-state index is 0. The van der Waals surface area contributed by atoms with Crippen LogP contribution in [-0.2, 0) is 17.7 Å².